The van der Waals surface area contributed by atoms with Crippen molar-refractivity contribution in [2.24, 2.45) is 7.05 Å². The van der Waals surface area contributed by atoms with Gasteiger partial charge in [0.2, 0.25) is 5.95 Å². The van der Waals surface area contributed by atoms with Gasteiger partial charge in [-0.3, -0.25) is 4.68 Å². The van der Waals surface area contributed by atoms with Gasteiger partial charge >= 0.3 is 0 Å². The topological polar surface area (TPSA) is 74.5 Å². The van der Waals surface area contributed by atoms with Crippen molar-refractivity contribution in [1.82, 2.24) is 24.5 Å². The lowest BCUT2D eigenvalue weighted by molar-refractivity contribution is 0.638. The number of halogens is 2. The number of rotatable bonds is 2. The fraction of sp³-hybridized carbons (Fsp3) is 0.286. The van der Waals surface area contributed by atoms with Crippen LogP contribution >= 0.6 is 27.5 Å². The molecule has 2 heterocycles. The van der Waals surface area contributed by atoms with E-state index in [0.717, 1.165) is 5.69 Å². The first-order valence-electron chi connectivity index (χ1n) is 4.10. The molecule has 0 aliphatic heterocycles. The Hall–Kier alpha value is -1.08. The Morgan fingerprint density at radius 1 is 1.53 bits per heavy atom. The van der Waals surface area contributed by atoms with Crippen molar-refractivity contribution in [2.75, 3.05) is 5.73 Å². The number of nitrogen functional groups attached to an aromatic ring is 1. The summed E-state index contributed by atoms with van der Waals surface area (Å²) in [6, 6.07) is 1.77. The maximum absolute atomic E-state index is 5.86. The van der Waals surface area contributed by atoms with E-state index in [9.17, 15) is 0 Å². The zero-order chi connectivity index (χ0) is 11.0. The normalized spacial score (nSPS) is 10.9. The summed E-state index contributed by atoms with van der Waals surface area (Å²) in [5.74, 6) is 0.226. The van der Waals surface area contributed by atoms with Crippen LogP contribution in [0.5, 0.6) is 0 Å². The highest BCUT2D eigenvalue weighted by Crippen LogP contribution is 2.13. The molecule has 0 aliphatic carbocycles. The number of hydrogen-bond donors (Lipinski definition) is 1. The van der Waals surface area contributed by atoms with Gasteiger partial charge in [0.15, 0.2) is 4.73 Å². The quantitative estimate of drug-likeness (QED) is 0.898. The van der Waals surface area contributed by atoms with Crippen LogP contribution < -0.4 is 5.73 Å². The zero-order valence-electron chi connectivity index (χ0n) is 7.85. The van der Waals surface area contributed by atoms with E-state index in [2.05, 4.69) is 31.1 Å². The summed E-state index contributed by atoms with van der Waals surface area (Å²) in [5, 5.41) is 8.76. The predicted molar refractivity (Wildman–Crippen MR) is 59.5 cm³/mol. The summed E-state index contributed by atoms with van der Waals surface area (Å²) >= 11 is 9.10. The molecule has 0 bridgehead atoms. The lowest BCUT2D eigenvalue weighted by atomic mass is 10.4. The van der Waals surface area contributed by atoms with Crippen molar-refractivity contribution in [3.8, 4) is 0 Å². The summed E-state index contributed by atoms with van der Waals surface area (Å²) in [7, 11) is 1.77. The molecule has 0 aliphatic rings. The summed E-state index contributed by atoms with van der Waals surface area (Å²) in [6.45, 7) is 0.478. The van der Waals surface area contributed by atoms with Crippen LogP contribution in [0.15, 0.2) is 10.8 Å². The Kier molecular flexibility index (Phi) is 2.66. The first-order chi connectivity index (χ1) is 7.06. The zero-order valence-corrected chi connectivity index (χ0v) is 10.2. The van der Waals surface area contributed by atoms with Crippen molar-refractivity contribution < 1.29 is 0 Å². The van der Waals surface area contributed by atoms with E-state index in [-0.39, 0.29) is 5.95 Å². The average Bonchev–Trinajstić information content (AvgIpc) is 2.59. The third-order valence-electron chi connectivity index (χ3n) is 1.83. The van der Waals surface area contributed by atoms with Gasteiger partial charge in [0, 0.05) is 13.1 Å². The molecule has 0 amide bonds. The molecule has 15 heavy (non-hydrogen) atoms. The minimum atomic E-state index is 0.226. The van der Waals surface area contributed by atoms with Crippen LogP contribution in [0.3, 0.4) is 0 Å². The summed E-state index contributed by atoms with van der Waals surface area (Å²) in [5.41, 5.74) is 6.24. The van der Waals surface area contributed by atoms with Crippen molar-refractivity contribution in [2.45, 2.75) is 6.54 Å². The van der Waals surface area contributed by atoms with E-state index < -0.39 is 0 Å². The Bertz CT molecular complexity index is 470. The molecule has 0 unspecified atom stereocenters. The highest BCUT2D eigenvalue weighted by Gasteiger charge is 2.08. The molecule has 0 radical (unpaired) electrons. The van der Waals surface area contributed by atoms with Crippen molar-refractivity contribution >= 4 is 33.5 Å². The van der Waals surface area contributed by atoms with Crippen LogP contribution in [-0.2, 0) is 13.6 Å². The highest BCUT2D eigenvalue weighted by molar-refractivity contribution is 9.10. The summed E-state index contributed by atoms with van der Waals surface area (Å²) in [4.78, 5) is 3.92. The molecular formula is C7H8BrClN6. The molecule has 2 N–H and O–H groups in total. The lowest BCUT2D eigenvalue weighted by Gasteiger charge is -1.97. The van der Waals surface area contributed by atoms with Gasteiger partial charge in [0.05, 0.1) is 12.2 Å². The predicted octanol–water partition coefficient (Wildman–Crippen LogP) is 1.06. The fourth-order valence-corrected chi connectivity index (χ4v) is 1.72. The molecule has 2 aromatic heterocycles. The van der Waals surface area contributed by atoms with Gasteiger partial charge in [-0.1, -0.05) is 11.6 Å². The average molecular weight is 292 g/mol. The Morgan fingerprint density at radius 2 is 2.27 bits per heavy atom. The lowest BCUT2D eigenvalue weighted by Crippen LogP contribution is -2.04. The first-order valence-corrected chi connectivity index (χ1v) is 5.27. The number of hydrogen-bond acceptors (Lipinski definition) is 4. The highest BCUT2D eigenvalue weighted by atomic mass is 79.9. The van der Waals surface area contributed by atoms with Crippen molar-refractivity contribution in [1.29, 1.82) is 0 Å². The molecule has 2 rings (SSSR count). The van der Waals surface area contributed by atoms with E-state index in [1.165, 1.54) is 0 Å². The SMILES string of the molecule is Cn1nc(Cn2nc(N)nc2Br)cc1Cl. The number of anilines is 1. The molecular weight excluding hydrogens is 283 g/mol. The molecule has 0 saturated heterocycles. The second-order valence-corrected chi connectivity index (χ2v) is 4.08. The van der Waals surface area contributed by atoms with E-state index in [4.69, 9.17) is 17.3 Å². The second kappa shape index (κ2) is 3.82. The third-order valence-corrected chi connectivity index (χ3v) is 2.77. The van der Waals surface area contributed by atoms with Gasteiger partial charge in [0.1, 0.15) is 5.15 Å². The van der Waals surface area contributed by atoms with E-state index in [0.29, 0.717) is 16.4 Å². The van der Waals surface area contributed by atoms with Crippen LogP contribution in [0.4, 0.5) is 5.95 Å². The maximum Gasteiger partial charge on any atom is 0.240 e. The van der Waals surface area contributed by atoms with Crippen molar-refractivity contribution in [3.05, 3.63) is 21.6 Å². The van der Waals surface area contributed by atoms with E-state index in [1.54, 1.807) is 22.5 Å². The van der Waals surface area contributed by atoms with Crippen LogP contribution in [-0.4, -0.2) is 24.5 Å². The number of aryl methyl sites for hydroxylation is 1. The van der Waals surface area contributed by atoms with Gasteiger partial charge in [0.25, 0.3) is 0 Å². The first kappa shape index (κ1) is 10.4. The smallest absolute Gasteiger partial charge is 0.240 e. The molecule has 2 aromatic rings. The molecule has 0 saturated carbocycles. The molecule has 0 atom stereocenters. The molecule has 0 fully saturated rings. The summed E-state index contributed by atoms with van der Waals surface area (Å²) in [6.07, 6.45) is 0. The van der Waals surface area contributed by atoms with Crippen LogP contribution in [0.2, 0.25) is 5.15 Å². The monoisotopic (exact) mass is 290 g/mol. The number of aromatic nitrogens is 5. The minimum Gasteiger partial charge on any atom is -0.366 e. The summed E-state index contributed by atoms with van der Waals surface area (Å²) < 4.78 is 3.76. The maximum atomic E-state index is 5.86. The van der Waals surface area contributed by atoms with Gasteiger partial charge in [-0.2, -0.15) is 10.1 Å². The van der Waals surface area contributed by atoms with Crippen LogP contribution in [0.25, 0.3) is 0 Å². The number of nitrogens with zero attached hydrogens (tertiary/aromatic N) is 5. The van der Waals surface area contributed by atoms with Gasteiger partial charge in [-0.25, -0.2) is 4.68 Å². The standard InChI is InChI=1S/C7H8BrClN6/c1-14-5(9)2-4(12-14)3-15-6(8)11-7(10)13-15/h2H,3H2,1H3,(H2,10,13). The fourth-order valence-electron chi connectivity index (χ4n) is 1.17. The Balaban J connectivity index is 2.25. The molecule has 6 nitrogen and oxygen atoms in total. The van der Waals surface area contributed by atoms with Crippen LogP contribution in [0.1, 0.15) is 5.69 Å². The molecule has 8 heteroatoms. The molecule has 80 valence electrons. The van der Waals surface area contributed by atoms with Crippen molar-refractivity contribution in [3.63, 3.8) is 0 Å². The van der Waals surface area contributed by atoms with Gasteiger partial charge in [-0.05, 0) is 15.9 Å². The van der Waals surface area contributed by atoms with Gasteiger partial charge in [-0.15, -0.1) is 5.10 Å². The number of nitrogens with two attached hydrogens (primary N) is 1. The Morgan fingerprint density at radius 3 is 2.73 bits per heavy atom. The second-order valence-electron chi connectivity index (χ2n) is 2.98. The minimum absolute atomic E-state index is 0.226. The van der Waals surface area contributed by atoms with Crippen LogP contribution in [0, 0.1) is 0 Å². The van der Waals surface area contributed by atoms with Gasteiger partial charge < -0.3 is 5.73 Å². The molecule has 0 spiro atoms. The third kappa shape index (κ3) is 2.13. The molecule has 0 aromatic carbocycles. The van der Waals surface area contributed by atoms with E-state index >= 15 is 0 Å². The largest absolute Gasteiger partial charge is 0.366 e. The van der Waals surface area contributed by atoms with E-state index in [1.807, 2.05) is 0 Å². The Labute approximate surface area is 99.2 Å².